The van der Waals surface area contributed by atoms with Gasteiger partial charge in [-0.05, 0) is 31.1 Å². The lowest BCUT2D eigenvalue weighted by Crippen LogP contribution is -2.30. The van der Waals surface area contributed by atoms with Crippen LogP contribution in [-0.4, -0.2) is 37.2 Å². The molecule has 2 atom stereocenters. The predicted octanol–water partition coefficient (Wildman–Crippen LogP) is 18.1. The molecule has 62 heavy (non-hydrogen) atoms. The van der Waals surface area contributed by atoms with Crippen LogP contribution in [0.15, 0.2) is 0 Å². The van der Waals surface area contributed by atoms with Crippen molar-refractivity contribution in [3.8, 4) is 0 Å². The molecule has 0 radical (unpaired) electrons. The molecule has 0 fully saturated rings. The van der Waals surface area contributed by atoms with E-state index in [0.717, 1.165) is 69.6 Å². The highest BCUT2D eigenvalue weighted by Crippen LogP contribution is 2.18. The molecule has 0 aromatic carbocycles. The van der Waals surface area contributed by atoms with Gasteiger partial charge < -0.3 is 14.2 Å². The standard InChI is InChI=1S/C56H108O6/c1-6-8-9-10-11-12-13-14-18-21-26-31-36-41-46-54(57)60-49-53(62-56(59)48-43-38-33-28-23-24-29-34-39-44-51(3)4)50-61-55(58)47-42-37-32-27-22-19-16-15-17-20-25-30-35-40-45-52(5)7-2/h51-53H,6-50H2,1-5H3/t52?,53-/m1/s1. The second-order valence-electron chi connectivity index (χ2n) is 19.9. The van der Waals surface area contributed by atoms with Crippen molar-refractivity contribution in [1.29, 1.82) is 0 Å². The van der Waals surface area contributed by atoms with Gasteiger partial charge in [0.2, 0.25) is 0 Å². The first-order valence-electron chi connectivity index (χ1n) is 27.8. The molecule has 0 aromatic rings. The molecular formula is C56H108O6. The smallest absolute Gasteiger partial charge is 0.306 e. The van der Waals surface area contributed by atoms with E-state index >= 15 is 0 Å². The summed E-state index contributed by atoms with van der Waals surface area (Å²) in [4.78, 5) is 38.0. The van der Waals surface area contributed by atoms with Gasteiger partial charge in [-0.15, -0.1) is 0 Å². The van der Waals surface area contributed by atoms with E-state index < -0.39 is 6.10 Å². The first kappa shape index (κ1) is 60.4. The molecule has 0 amide bonds. The fraction of sp³-hybridized carbons (Fsp3) is 0.946. The van der Waals surface area contributed by atoms with Gasteiger partial charge in [0, 0.05) is 19.3 Å². The summed E-state index contributed by atoms with van der Waals surface area (Å²) in [7, 11) is 0. The van der Waals surface area contributed by atoms with E-state index in [-0.39, 0.29) is 31.1 Å². The Labute approximate surface area is 387 Å². The third-order valence-corrected chi connectivity index (χ3v) is 13.1. The van der Waals surface area contributed by atoms with Gasteiger partial charge in [-0.1, -0.05) is 272 Å². The molecule has 368 valence electrons. The number of esters is 3. The van der Waals surface area contributed by atoms with Crippen LogP contribution < -0.4 is 0 Å². The van der Waals surface area contributed by atoms with Crippen molar-refractivity contribution in [3.63, 3.8) is 0 Å². The summed E-state index contributed by atoms with van der Waals surface area (Å²) in [5.74, 6) is 0.858. The Balaban J connectivity index is 4.28. The van der Waals surface area contributed by atoms with Crippen molar-refractivity contribution in [3.05, 3.63) is 0 Å². The maximum Gasteiger partial charge on any atom is 0.306 e. The van der Waals surface area contributed by atoms with Crippen molar-refractivity contribution < 1.29 is 28.6 Å². The van der Waals surface area contributed by atoms with Crippen molar-refractivity contribution >= 4 is 17.9 Å². The van der Waals surface area contributed by atoms with Crippen LogP contribution in [0.2, 0.25) is 0 Å². The summed E-state index contributed by atoms with van der Waals surface area (Å²) in [6, 6.07) is 0. The molecule has 1 unspecified atom stereocenters. The molecule has 0 aliphatic carbocycles. The number of ether oxygens (including phenoxy) is 3. The Bertz CT molecular complexity index is 949. The van der Waals surface area contributed by atoms with E-state index in [1.165, 1.54) is 199 Å². The average molecular weight is 877 g/mol. The number of unbranched alkanes of at least 4 members (excludes halogenated alkanes) is 34. The van der Waals surface area contributed by atoms with Gasteiger partial charge >= 0.3 is 17.9 Å². The second kappa shape index (κ2) is 48.9. The van der Waals surface area contributed by atoms with E-state index in [1.54, 1.807) is 0 Å². The minimum absolute atomic E-state index is 0.0633. The van der Waals surface area contributed by atoms with Gasteiger partial charge in [-0.25, -0.2) is 0 Å². The average Bonchev–Trinajstić information content (AvgIpc) is 3.26. The van der Waals surface area contributed by atoms with E-state index in [2.05, 4.69) is 34.6 Å². The lowest BCUT2D eigenvalue weighted by Gasteiger charge is -2.18. The molecule has 0 spiro atoms. The third kappa shape index (κ3) is 47.9. The minimum atomic E-state index is -0.762. The molecule has 0 rings (SSSR count). The Hall–Kier alpha value is -1.59. The van der Waals surface area contributed by atoms with Crippen LogP contribution in [0.5, 0.6) is 0 Å². The largest absolute Gasteiger partial charge is 0.462 e. The molecule has 0 bridgehead atoms. The fourth-order valence-electron chi connectivity index (χ4n) is 8.49. The van der Waals surface area contributed by atoms with E-state index in [1.807, 2.05) is 0 Å². The highest BCUT2D eigenvalue weighted by Gasteiger charge is 2.19. The van der Waals surface area contributed by atoms with Gasteiger partial charge in [0.15, 0.2) is 6.10 Å². The van der Waals surface area contributed by atoms with Gasteiger partial charge in [-0.3, -0.25) is 14.4 Å². The van der Waals surface area contributed by atoms with E-state index in [9.17, 15) is 14.4 Å². The van der Waals surface area contributed by atoms with Crippen LogP contribution in [0.25, 0.3) is 0 Å². The maximum atomic E-state index is 12.8. The zero-order valence-electron chi connectivity index (χ0n) is 42.5. The summed E-state index contributed by atoms with van der Waals surface area (Å²) < 4.78 is 16.9. The summed E-state index contributed by atoms with van der Waals surface area (Å²) >= 11 is 0. The molecule has 0 heterocycles. The molecule has 0 aliphatic rings. The SMILES string of the molecule is CCCCCCCCCCCCCCCCC(=O)OC[C@H](COC(=O)CCCCCCCCCCCCCCCCC(C)CC)OC(=O)CCCCCCCCCCCC(C)C. The predicted molar refractivity (Wildman–Crippen MR) is 266 cm³/mol. The van der Waals surface area contributed by atoms with Crippen molar-refractivity contribution in [1.82, 2.24) is 0 Å². The number of hydrogen-bond acceptors (Lipinski definition) is 6. The highest BCUT2D eigenvalue weighted by atomic mass is 16.6. The van der Waals surface area contributed by atoms with Crippen molar-refractivity contribution in [2.75, 3.05) is 13.2 Å². The van der Waals surface area contributed by atoms with Crippen LogP contribution in [0.1, 0.15) is 311 Å². The van der Waals surface area contributed by atoms with Crippen molar-refractivity contribution in [2.45, 2.75) is 317 Å². The summed E-state index contributed by atoms with van der Waals surface area (Å²) in [6.45, 7) is 11.4. The fourth-order valence-corrected chi connectivity index (χ4v) is 8.49. The maximum absolute atomic E-state index is 12.8. The molecular weight excluding hydrogens is 769 g/mol. The summed E-state index contributed by atoms with van der Waals surface area (Å²) in [6.07, 6.45) is 50.8. The number of hydrogen-bond donors (Lipinski definition) is 0. The molecule has 0 saturated carbocycles. The monoisotopic (exact) mass is 877 g/mol. The Morgan fingerprint density at radius 3 is 0.919 bits per heavy atom. The van der Waals surface area contributed by atoms with Gasteiger partial charge in [-0.2, -0.15) is 0 Å². The Morgan fingerprint density at radius 1 is 0.339 bits per heavy atom. The van der Waals surface area contributed by atoms with E-state index in [4.69, 9.17) is 14.2 Å². The zero-order valence-corrected chi connectivity index (χ0v) is 42.5. The van der Waals surface area contributed by atoms with Crippen molar-refractivity contribution in [2.24, 2.45) is 11.8 Å². The second-order valence-corrected chi connectivity index (χ2v) is 19.9. The van der Waals surface area contributed by atoms with Crippen LogP contribution in [-0.2, 0) is 28.6 Å². The van der Waals surface area contributed by atoms with Gasteiger partial charge in [0.1, 0.15) is 13.2 Å². The van der Waals surface area contributed by atoms with Gasteiger partial charge in [0.05, 0.1) is 0 Å². The molecule has 0 N–H and O–H groups in total. The normalized spacial score (nSPS) is 12.5. The molecule has 0 aromatic heterocycles. The molecule has 6 nitrogen and oxygen atoms in total. The topological polar surface area (TPSA) is 78.9 Å². The number of carbonyl (C=O) groups is 3. The van der Waals surface area contributed by atoms with Crippen LogP contribution in [0, 0.1) is 11.8 Å². The van der Waals surface area contributed by atoms with Crippen LogP contribution in [0.4, 0.5) is 0 Å². The first-order chi connectivity index (χ1) is 30.3. The first-order valence-corrected chi connectivity index (χ1v) is 27.8. The highest BCUT2D eigenvalue weighted by molar-refractivity contribution is 5.71. The zero-order chi connectivity index (χ0) is 45.4. The van der Waals surface area contributed by atoms with Crippen LogP contribution in [0.3, 0.4) is 0 Å². The van der Waals surface area contributed by atoms with Gasteiger partial charge in [0.25, 0.3) is 0 Å². The molecule has 6 heteroatoms. The minimum Gasteiger partial charge on any atom is -0.462 e. The number of carbonyl (C=O) groups excluding carboxylic acids is 3. The Kier molecular flexibility index (Phi) is 47.6. The summed E-state index contributed by atoms with van der Waals surface area (Å²) in [5.41, 5.74) is 0. The van der Waals surface area contributed by atoms with Crippen LogP contribution >= 0.6 is 0 Å². The summed E-state index contributed by atoms with van der Waals surface area (Å²) in [5, 5.41) is 0. The molecule has 0 saturated heterocycles. The molecule has 0 aliphatic heterocycles. The Morgan fingerprint density at radius 2 is 0.613 bits per heavy atom. The number of rotatable bonds is 50. The third-order valence-electron chi connectivity index (χ3n) is 13.1. The lowest BCUT2D eigenvalue weighted by atomic mass is 9.99. The van der Waals surface area contributed by atoms with E-state index in [0.29, 0.717) is 19.3 Å². The lowest BCUT2D eigenvalue weighted by molar-refractivity contribution is -0.167. The quantitative estimate of drug-likeness (QED) is 0.0344.